The fourth-order valence-corrected chi connectivity index (χ4v) is 2.76. The Kier molecular flexibility index (Phi) is 3.47. The summed E-state index contributed by atoms with van der Waals surface area (Å²) in [6.07, 6.45) is 0.889. The standard InChI is InChI=1S/C15H22FNO2/c1-14(2)9-13(15(3,4)19-14)17-11-7-6-10(16)8-12(11)18-5/h6-8,13,17H,9H2,1-5H3. The molecule has 1 saturated heterocycles. The van der Waals surface area contributed by atoms with Crippen LogP contribution in [0.3, 0.4) is 0 Å². The van der Waals surface area contributed by atoms with Gasteiger partial charge in [-0.2, -0.15) is 0 Å². The lowest BCUT2D eigenvalue weighted by Crippen LogP contribution is -2.38. The van der Waals surface area contributed by atoms with Crippen molar-refractivity contribution < 1.29 is 13.9 Å². The monoisotopic (exact) mass is 267 g/mol. The van der Waals surface area contributed by atoms with Gasteiger partial charge in [-0.3, -0.25) is 0 Å². The highest BCUT2D eigenvalue weighted by Gasteiger charge is 2.46. The van der Waals surface area contributed by atoms with Gasteiger partial charge in [0.1, 0.15) is 11.6 Å². The normalized spacial score (nSPS) is 24.2. The summed E-state index contributed by atoms with van der Waals surface area (Å²) in [6, 6.07) is 4.67. The molecule has 1 atom stereocenters. The molecule has 1 aromatic rings. The van der Waals surface area contributed by atoms with Gasteiger partial charge >= 0.3 is 0 Å². The number of ether oxygens (including phenoxy) is 2. The lowest BCUT2D eigenvalue weighted by molar-refractivity contribution is -0.0662. The maximum atomic E-state index is 13.2. The third-order valence-corrected chi connectivity index (χ3v) is 3.57. The summed E-state index contributed by atoms with van der Waals surface area (Å²) in [4.78, 5) is 0. The molecular weight excluding hydrogens is 245 g/mol. The largest absolute Gasteiger partial charge is 0.494 e. The summed E-state index contributed by atoms with van der Waals surface area (Å²) < 4.78 is 24.4. The quantitative estimate of drug-likeness (QED) is 0.907. The van der Waals surface area contributed by atoms with Crippen molar-refractivity contribution >= 4 is 5.69 Å². The Balaban J connectivity index is 2.22. The van der Waals surface area contributed by atoms with Crippen LogP contribution in [0, 0.1) is 5.82 Å². The fraction of sp³-hybridized carbons (Fsp3) is 0.600. The summed E-state index contributed by atoms with van der Waals surface area (Å²) in [5.74, 6) is 0.213. The van der Waals surface area contributed by atoms with Gasteiger partial charge in [0.05, 0.1) is 30.0 Å². The second-order valence-electron chi connectivity index (χ2n) is 6.21. The van der Waals surface area contributed by atoms with Gasteiger partial charge in [-0.1, -0.05) is 0 Å². The summed E-state index contributed by atoms with van der Waals surface area (Å²) in [6.45, 7) is 8.29. The first kappa shape index (κ1) is 14.1. The summed E-state index contributed by atoms with van der Waals surface area (Å²) in [7, 11) is 1.54. The van der Waals surface area contributed by atoms with Gasteiger partial charge in [0.2, 0.25) is 0 Å². The number of anilines is 1. The smallest absolute Gasteiger partial charge is 0.144 e. The van der Waals surface area contributed by atoms with Crippen LogP contribution in [0.25, 0.3) is 0 Å². The Labute approximate surface area is 114 Å². The maximum absolute atomic E-state index is 13.2. The molecule has 0 amide bonds. The van der Waals surface area contributed by atoms with Crippen LogP contribution in [0.2, 0.25) is 0 Å². The highest BCUT2D eigenvalue weighted by molar-refractivity contribution is 5.57. The first-order chi connectivity index (χ1) is 8.73. The van der Waals surface area contributed by atoms with Gasteiger partial charge in [-0.25, -0.2) is 4.39 Å². The Hall–Kier alpha value is -1.29. The first-order valence-corrected chi connectivity index (χ1v) is 6.54. The minimum Gasteiger partial charge on any atom is -0.494 e. The molecule has 1 aromatic carbocycles. The van der Waals surface area contributed by atoms with E-state index in [2.05, 4.69) is 33.0 Å². The molecule has 4 heteroatoms. The minimum atomic E-state index is -0.301. The topological polar surface area (TPSA) is 30.5 Å². The third kappa shape index (κ3) is 3.00. The molecule has 0 radical (unpaired) electrons. The molecule has 0 bridgehead atoms. The molecule has 0 saturated carbocycles. The van der Waals surface area contributed by atoms with E-state index in [1.807, 2.05) is 0 Å². The van der Waals surface area contributed by atoms with E-state index in [1.54, 1.807) is 13.2 Å². The molecule has 1 aliphatic rings. The summed E-state index contributed by atoms with van der Waals surface area (Å²) in [5.41, 5.74) is 0.361. The van der Waals surface area contributed by atoms with Crippen LogP contribution in [-0.2, 0) is 4.74 Å². The fourth-order valence-electron chi connectivity index (χ4n) is 2.76. The van der Waals surface area contributed by atoms with Crippen LogP contribution in [-0.4, -0.2) is 24.4 Å². The van der Waals surface area contributed by atoms with Crippen molar-refractivity contribution in [3.05, 3.63) is 24.0 Å². The zero-order chi connectivity index (χ0) is 14.3. The number of hydrogen-bond acceptors (Lipinski definition) is 3. The average molecular weight is 267 g/mol. The number of benzene rings is 1. The highest BCUT2D eigenvalue weighted by Crippen LogP contribution is 2.40. The first-order valence-electron chi connectivity index (χ1n) is 6.54. The number of nitrogens with one attached hydrogen (secondary N) is 1. The molecule has 0 aliphatic carbocycles. The molecule has 1 fully saturated rings. The molecule has 1 N–H and O–H groups in total. The van der Waals surface area contributed by atoms with Gasteiger partial charge < -0.3 is 14.8 Å². The molecular formula is C15H22FNO2. The van der Waals surface area contributed by atoms with Crippen LogP contribution in [0.1, 0.15) is 34.1 Å². The Morgan fingerprint density at radius 3 is 2.53 bits per heavy atom. The average Bonchev–Trinajstić information content (AvgIpc) is 2.49. The van der Waals surface area contributed by atoms with E-state index in [-0.39, 0.29) is 23.1 Å². The lowest BCUT2D eigenvalue weighted by atomic mass is 9.94. The highest BCUT2D eigenvalue weighted by atomic mass is 19.1. The van der Waals surface area contributed by atoms with Crippen molar-refractivity contribution in [2.45, 2.75) is 51.4 Å². The SMILES string of the molecule is COc1cc(F)ccc1NC1CC(C)(C)OC1(C)C. The van der Waals surface area contributed by atoms with E-state index < -0.39 is 0 Å². The molecule has 106 valence electrons. The van der Waals surface area contributed by atoms with Gasteiger partial charge in [0.15, 0.2) is 0 Å². The van der Waals surface area contributed by atoms with E-state index in [4.69, 9.17) is 9.47 Å². The summed E-state index contributed by atoms with van der Waals surface area (Å²) in [5, 5.41) is 3.42. The van der Waals surface area contributed by atoms with Gasteiger partial charge in [-0.15, -0.1) is 0 Å². The Morgan fingerprint density at radius 1 is 1.32 bits per heavy atom. The van der Waals surface area contributed by atoms with Crippen molar-refractivity contribution in [3.8, 4) is 5.75 Å². The van der Waals surface area contributed by atoms with Crippen molar-refractivity contribution in [3.63, 3.8) is 0 Å². The predicted octanol–water partition coefficient (Wildman–Crippen LogP) is 3.59. The van der Waals surface area contributed by atoms with Crippen molar-refractivity contribution in [2.24, 2.45) is 0 Å². The van der Waals surface area contributed by atoms with E-state index >= 15 is 0 Å². The van der Waals surface area contributed by atoms with Crippen LogP contribution < -0.4 is 10.1 Å². The second kappa shape index (κ2) is 4.67. The van der Waals surface area contributed by atoms with E-state index in [9.17, 15) is 4.39 Å². The van der Waals surface area contributed by atoms with Gasteiger partial charge in [0.25, 0.3) is 0 Å². The lowest BCUT2D eigenvalue weighted by Gasteiger charge is -2.28. The molecule has 19 heavy (non-hydrogen) atoms. The Bertz CT molecular complexity index is 471. The number of halogens is 1. The number of hydrogen-bond donors (Lipinski definition) is 1. The van der Waals surface area contributed by atoms with E-state index in [1.165, 1.54) is 12.1 Å². The van der Waals surface area contributed by atoms with Crippen molar-refractivity contribution in [1.82, 2.24) is 0 Å². The Morgan fingerprint density at radius 2 is 2.00 bits per heavy atom. The van der Waals surface area contributed by atoms with Crippen LogP contribution in [0.5, 0.6) is 5.75 Å². The van der Waals surface area contributed by atoms with E-state index in [0.717, 1.165) is 12.1 Å². The number of methoxy groups -OCH3 is 1. The molecule has 0 spiro atoms. The van der Waals surface area contributed by atoms with Crippen LogP contribution in [0.15, 0.2) is 18.2 Å². The minimum absolute atomic E-state index is 0.155. The zero-order valence-corrected chi connectivity index (χ0v) is 12.2. The molecule has 3 nitrogen and oxygen atoms in total. The predicted molar refractivity (Wildman–Crippen MR) is 74.2 cm³/mol. The molecule has 1 unspecified atom stereocenters. The number of rotatable bonds is 3. The molecule has 1 heterocycles. The second-order valence-corrected chi connectivity index (χ2v) is 6.21. The molecule has 1 aliphatic heterocycles. The van der Waals surface area contributed by atoms with Crippen molar-refractivity contribution in [2.75, 3.05) is 12.4 Å². The summed E-state index contributed by atoms with van der Waals surface area (Å²) >= 11 is 0. The third-order valence-electron chi connectivity index (χ3n) is 3.57. The van der Waals surface area contributed by atoms with E-state index in [0.29, 0.717) is 5.75 Å². The maximum Gasteiger partial charge on any atom is 0.144 e. The van der Waals surface area contributed by atoms with Crippen LogP contribution >= 0.6 is 0 Å². The van der Waals surface area contributed by atoms with Crippen molar-refractivity contribution in [1.29, 1.82) is 0 Å². The van der Waals surface area contributed by atoms with Gasteiger partial charge in [0, 0.05) is 6.07 Å². The van der Waals surface area contributed by atoms with Gasteiger partial charge in [-0.05, 0) is 46.2 Å². The molecule has 0 aromatic heterocycles. The molecule has 2 rings (SSSR count). The van der Waals surface area contributed by atoms with Crippen LogP contribution in [0.4, 0.5) is 10.1 Å². The zero-order valence-electron chi connectivity index (χ0n) is 12.2.